The zero-order chi connectivity index (χ0) is 14.5. The van der Waals surface area contributed by atoms with Gasteiger partial charge < -0.3 is 10.6 Å². The Hall–Kier alpha value is -1.06. The number of rotatable bonds is 5. The maximum Gasteiger partial charge on any atom is 0.238 e. The predicted octanol–water partition coefficient (Wildman–Crippen LogP) is 3.69. The number of carbonyl (C=O) groups excluding carboxylic acids is 1. The quantitative estimate of drug-likeness (QED) is 0.869. The second-order valence-electron chi connectivity index (χ2n) is 5.62. The minimum Gasteiger partial charge on any atom is -0.324 e. The minimum absolute atomic E-state index is 0.0368. The topological polar surface area (TPSA) is 41.1 Å². The van der Waals surface area contributed by atoms with Crippen LogP contribution in [0.2, 0.25) is 5.02 Å². The van der Waals surface area contributed by atoms with Gasteiger partial charge in [0.15, 0.2) is 0 Å². The number of benzene rings is 1. The number of hydrogen-bond acceptors (Lipinski definition) is 2. The van der Waals surface area contributed by atoms with Gasteiger partial charge in [0.05, 0.1) is 17.3 Å². The number of anilines is 1. The summed E-state index contributed by atoms with van der Waals surface area (Å²) >= 11 is 6.02. The molecule has 1 aliphatic carbocycles. The lowest BCUT2D eigenvalue weighted by atomic mass is 9.93. The molecule has 110 valence electrons. The predicted molar refractivity (Wildman–Crippen MR) is 84.1 cm³/mol. The van der Waals surface area contributed by atoms with E-state index in [0.29, 0.717) is 29.2 Å². The Morgan fingerprint density at radius 2 is 2.10 bits per heavy atom. The Balaban J connectivity index is 1.80. The van der Waals surface area contributed by atoms with Gasteiger partial charge in [0.1, 0.15) is 0 Å². The molecule has 20 heavy (non-hydrogen) atoms. The number of para-hydroxylation sites is 1. The van der Waals surface area contributed by atoms with Gasteiger partial charge in [-0.3, -0.25) is 4.79 Å². The SMILES string of the molecule is CCC1CCC(NCC(=O)Nc2ccccc2Cl)C1C. The lowest BCUT2D eigenvalue weighted by Crippen LogP contribution is -2.38. The van der Waals surface area contributed by atoms with Gasteiger partial charge in [-0.15, -0.1) is 0 Å². The van der Waals surface area contributed by atoms with Crippen molar-refractivity contribution in [3.63, 3.8) is 0 Å². The third-order valence-corrected chi connectivity index (χ3v) is 4.75. The van der Waals surface area contributed by atoms with Crippen molar-refractivity contribution >= 4 is 23.2 Å². The van der Waals surface area contributed by atoms with E-state index >= 15 is 0 Å². The Bertz CT molecular complexity index is 464. The normalized spacial score (nSPS) is 25.6. The summed E-state index contributed by atoms with van der Waals surface area (Å²) in [5.41, 5.74) is 0.673. The second kappa shape index (κ2) is 7.09. The molecule has 0 aromatic heterocycles. The first-order valence-corrected chi connectivity index (χ1v) is 7.77. The van der Waals surface area contributed by atoms with Gasteiger partial charge in [0, 0.05) is 6.04 Å². The molecule has 2 rings (SSSR count). The zero-order valence-corrected chi connectivity index (χ0v) is 12.9. The Morgan fingerprint density at radius 3 is 2.75 bits per heavy atom. The molecular weight excluding hydrogens is 272 g/mol. The summed E-state index contributed by atoms with van der Waals surface area (Å²) in [6.07, 6.45) is 3.66. The fraction of sp³-hybridized carbons (Fsp3) is 0.562. The Labute approximate surface area is 126 Å². The molecular formula is C16H23ClN2O. The lowest BCUT2D eigenvalue weighted by molar-refractivity contribution is -0.115. The van der Waals surface area contributed by atoms with Gasteiger partial charge in [-0.2, -0.15) is 0 Å². The number of nitrogens with one attached hydrogen (secondary N) is 2. The molecule has 2 N–H and O–H groups in total. The van der Waals surface area contributed by atoms with Crippen LogP contribution in [0.15, 0.2) is 24.3 Å². The highest BCUT2D eigenvalue weighted by molar-refractivity contribution is 6.33. The highest BCUT2D eigenvalue weighted by Crippen LogP contribution is 2.33. The highest BCUT2D eigenvalue weighted by atomic mass is 35.5. The maximum absolute atomic E-state index is 11.9. The van der Waals surface area contributed by atoms with E-state index < -0.39 is 0 Å². The smallest absolute Gasteiger partial charge is 0.238 e. The van der Waals surface area contributed by atoms with Gasteiger partial charge in [0.25, 0.3) is 0 Å². The summed E-state index contributed by atoms with van der Waals surface area (Å²) in [6.45, 7) is 4.87. The van der Waals surface area contributed by atoms with Crippen LogP contribution in [0, 0.1) is 11.8 Å². The minimum atomic E-state index is -0.0368. The molecule has 3 unspecified atom stereocenters. The van der Waals surface area contributed by atoms with Crippen LogP contribution in [0.5, 0.6) is 0 Å². The van der Waals surface area contributed by atoms with Crippen molar-refractivity contribution < 1.29 is 4.79 Å². The first-order valence-electron chi connectivity index (χ1n) is 7.39. The number of hydrogen-bond donors (Lipinski definition) is 2. The molecule has 4 heteroatoms. The fourth-order valence-corrected chi connectivity index (χ4v) is 3.28. The molecule has 1 aromatic carbocycles. The summed E-state index contributed by atoms with van der Waals surface area (Å²) in [6, 6.07) is 7.75. The molecule has 0 saturated heterocycles. The number of carbonyl (C=O) groups is 1. The van der Waals surface area contributed by atoms with Crippen molar-refractivity contribution in [3.8, 4) is 0 Å². The van der Waals surface area contributed by atoms with Crippen molar-refractivity contribution in [1.82, 2.24) is 5.32 Å². The van der Waals surface area contributed by atoms with E-state index in [1.807, 2.05) is 18.2 Å². The van der Waals surface area contributed by atoms with E-state index in [4.69, 9.17) is 11.6 Å². The Kier molecular flexibility index (Phi) is 5.44. The van der Waals surface area contributed by atoms with E-state index in [1.165, 1.54) is 19.3 Å². The molecule has 0 spiro atoms. The van der Waals surface area contributed by atoms with Crippen LogP contribution in [0.25, 0.3) is 0 Å². The average Bonchev–Trinajstić information content (AvgIpc) is 2.79. The van der Waals surface area contributed by atoms with Crippen LogP contribution >= 0.6 is 11.6 Å². The Morgan fingerprint density at radius 1 is 1.35 bits per heavy atom. The first kappa shape index (κ1) is 15.3. The molecule has 0 radical (unpaired) electrons. The van der Waals surface area contributed by atoms with Gasteiger partial charge >= 0.3 is 0 Å². The highest BCUT2D eigenvalue weighted by Gasteiger charge is 2.31. The van der Waals surface area contributed by atoms with Gasteiger partial charge in [-0.1, -0.05) is 44.0 Å². The lowest BCUT2D eigenvalue weighted by Gasteiger charge is -2.20. The molecule has 1 aliphatic rings. The third kappa shape index (κ3) is 3.74. The second-order valence-corrected chi connectivity index (χ2v) is 6.03. The largest absolute Gasteiger partial charge is 0.324 e. The molecule has 1 amide bonds. The van der Waals surface area contributed by atoms with Crippen LogP contribution in [0.4, 0.5) is 5.69 Å². The number of amides is 1. The van der Waals surface area contributed by atoms with E-state index in [-0.39, 0.29) is 5.91 Å². The van der Waals surface area contributed by atoms with Gasteiger partial charge in [-0.05, 0) is 36.8 Å². The monoisotopic (exact) mass is 294 g/mol. The standard InChI is InChI=1S/C16H23ClN2O/c1-3-12-8-9-14(11(12)2)18-10-16(20)19-15-7-5-4-6-13(15)17/h4-7,11-12,14,18H,3,8-10H2,1-2H3,(H,19,20). The van der Waals surface area contributed by atoms with Crippen molar-refractivity contribution in [1.29, 1.82) is 0 Å². The summed E-state index contributed by atoms with van der Waals surface area (Å²) < 4.78 is 0. The molecule has 1 fully saturated rings. The molecule has 0 heterocycles. The third-order valence-electron chi connectivity index (χ3n) is 4.42. The van der Waals surface area contributed by atoms with Crippen molar-refractivity contribution in [2.24, 2.45) is 11.8 Å². The summed E-state index contributed by atoms with van der Waals surface area (Å²) in [5.74, 6) is 1.40. The number of halogens is 1. The zero-order valence-electron chi connectivity index (χ0n) is 12.2. The molecule has 1 saturated carbocycles. The van der Waals surface area contributed by atoms with E-state index in [9.17, 15) is 4.79 Å². The van der Waals surface area contributed by atoms with Crippen LogP contribution in [0.1, 0.15) is 33.1 Å². The van der Waals surface area contributed by atoms with E-state index in [2.05, 4.69) is 24.5 Å². The molecule has 0 aliphatic heterocycles. The molecule has 0 bridgehead atoms. The average molecular weight is 295 g/mol. The van der Waals surface area contributed by atoms with Crippen LogP contribution in [-0.4, -0.2) is 18.5 Å². The van der Waals surface area contributed by atoms with Gasteiger partial charge in [0.2, 0.25) is 5.91 Å². The van der Waals surface area contributed by atoms with Crippen molar-refractivity contribution in [3.05, 3.63) is 29.3 Å². The van der Waals surface area contributed by atoms with Crippen molar-refractivity contribution in [2.75, 3.05) is 11.9 Å². The molecule has 1 aromatic rings. The van der Waals surface area contributed by atoms with E-state index in [0.717, 1.165) is 5.92 Å². The van der Waals surface area contributed by atoms with Crippen LogP contribution in [0.3, 0.4) is 0 Å². The molecule has 3 nitrogen and oxygen atoms in total. The molecule has 3 atom stereocenters. The van der Waals surface area contributed by atoms with E-state index in [1.54, 1.807) is 6.07 Å². The summed E-state index contributed by atoms with van der Waals surface area (Å²) in [4.78, 5) is 11.9. The first-order chi connectivity index (χ1) is 9.61. The maximum atomic E-state index is 11.9. The summed E-state index contributed by atoms with van der Waals surface area (Å²) in [7, 11) is 0. The summed E-state index contributed by atoms with van der Waals surface area (Å²) in [5, 5.41) is 6.79. The van der Waals surface area contributed by atoms with Gasteiger partial charge in [-0.25, -0.2) is 0 Å². The van der Waals surface area contributed by atoms with Crippen LogP contribution in [-0.2, 0) is 4.79 Å². The van der Waals surface area contributed by atoms with Crippen LogP contribution < -0.4 is 10.6 Å². The van der Waals surface area contributed by atoms with Crippen molar-refractivity contribution in [2.45, 2.75) is 39.2 Å². The fourth-order valence-electron chi connectivity index (χ4n) is 3.09.